The molecule has 18 heavy (non-hydrogen) atoms. The van der Waals surface area contributed by atoms with Crippen LogP contribution >= 0.6 is 12.4 Å². The Hall–Kier alpha value is -0.280. The number of halogens is 1. The molecule has 2 atom stereocenters. The number of nitrogens with zero attached hydrogens (tertiary/aromatic N) is 1. The van der Waals surface area contributed by atoms with Gasteiger partial charge in [0, 0.05) is 6.54 Å². The van der Waals surface area contributed by atoms with Gasteiger partial charge in [-0.3, -0.25) is 4.79 Å². The maximum absolute atomic E-state index is 11.9. The van der Waals surface area contributed by atoms with Crippen LogP contribution in [0, 0.1) is 11.8 Å². The summed E-state index contributed by atoms with van der Waals surface area (Å²) in [6.07, 6.45) is 4.64. The van der Waals surface area contributed by atoms with Gasteiger partial charge in [0.15, 0.2) is 0 Å². The van der Waals surface area contributed by atoms with E-state index < -0.39 is 0 Å². The van der Waals surface area contributed by atoms with Gasteiger partial charge in [0.1, 0.15) is 6.61 Å². The Morgan fingerprint density at radius 1 is 1.22 bits per heavy atom. The fourth-order valence-electron chi connectivity index (χ4n) is 2.59. The first kappa shape index (κ1) is 17.7. The van der Waals surface area contributed by atoms with Crippen molar-refractivity contribution in [2.45, 2.75) is 46.5 Å². The Bertz CT molecular complexity index is 232. The van der Waals surface area contributed by atoms with Crippen LogP contribution in [0.3, 0.4) is 0 Å². The third kappa shape index (κ3) is 5.57. The van der Waals surface area contributed by atoms with Crippen molar-refractivity contribution in [2.75, 3.05) is 26.2 Å². The normalized spacial score (nSPS) is 23.6. The summed E-state index contributed by atoms with van der Waals surface area (Å²) in [7, 11) is 0. The largest absolute Gasteiger partial charge is 0.464 e. The summed E-state index contributed by atoms with van der Waals surface area (Å²) in [5, 5.41) is 0. The molecule has 108 valence electrons. The fourth-order valence-corrected chi connectivity index (χ4v) is 2.59. The van der Waals surface area contributed by atoms with Crippen LogP contribution in [0.15, 0.2) is 0 Å². The highest BCUT2D eigenvalue weighted by Crippen LogP contribution is 2.30. The molecule has 0 radical (unpaired) electrons. The Morgan fingerprint density at radius 2 is 1.83 bits per heavy atom. The zero-order valence-electron chi connectivity index (χ0n) is 12.0. The van der Waals surface area contributed by atoms with Crippen molar-refractivity contribution in [3.8, 4) is 0 Å². The average molecular weight is 278 g/mol. The molecule has 1 fully saturated rings. The fraction of sp³-hybridized carbons (Fsp3) is 0.929. The predicted molar refractivity (Wildman–Crippen MR) is 77.1 cm³/mol. The number of carbonyl (C=O) groups excluding carboxylic acids is 1. The van der Waals surface area contributed by atoms with Crippen molar-refractivity contribution < 1.29 is 9.53 Å². The van der Waals surface area contributed by atoms with Gasteiger partial charge < -0.3 is 9.64 Å². The van der Waals surface area contributed by atoms with E-state index >= 15 is 0 Å². The molecular weight excluding hydrogens is 250 g/mol. The van der Waals surface area contributed by atoms with Crippen LogP contribution in [-0.2, 0) is 9.53 Å². The number of rotatable bonds is 6. The van der Waals surface area contributed by atoms with Crippen molar-refractivity contribution in [3.63, 3.8) is 0 Å². The maximum Gasteiger partial charge on any atom is 0.309 e. The van der Waals surface area contributed by atoms with E-state index in [9.17, 15) is 4.79 Å². The molecule has 0 spiro atoms. The molecule has 0 bridgehead atoms. The Balaban J connectivity index is 0.00000289. The Morgan fingerprint density at radius 3 is 2.39 bits per heavy atom. The van der Waals surface area contributed by atoms with Gasteiger partial charge in [-0.15, -0.1) is 12.4 Å². The second kappa shape index (κ2) is 9.62. The maximum atomic E-state index is 11.9. The monoisotopic (exact) mass is 277 g/mol. The minimum Gasteiger partial charge on any atom is -0.464 e. The molecule has 1 rings (SSSR count). The molecule has 0 amide bonds. The summed E-state index contributed by atoms with van der Waals surface area (Å²) < 4.78 is 5.41. The van der Waals surface area contributed by atoms with E-state index in [0.717, 1.165) is 26.1 Å². The first-order valence-corrected chi connectivity index (χ1v) is 7.08. The van der Waals surface area contributed by atoms with Crippen molar-refractivity contribution >= 4 is 18.4 Å². The second-order valence-corrected chi connectivity index (χ2v) is 5.06. The van der Waals surface area contributed by atoms with Crippen LogP contribution in [0.2, 0.25) is 0 Å². The van der Waals surface area contributed by atoms with Crippen LogP contribution in [0.1, 0.15) is 46.5 Å². The first-order valence-electron chi connectivity index (χ1n) is 7.08. The lowest BCUT2D eigenvalue weighted by Gasteiger charge is -2.27. The number of ether oxygens (including phenoxy) is 1. The average Bonchev–Trinajstić information content (AvgIpc) is 2.35. The van der Waals surface area contributed by atoms with Gasteiger partial charge in [-0.1, -0.05) is 33.6 Å². The summed E-state index contributed by atoms with van der Waals surface area (Å²) in [4.78, 5) is 14.2. The zero-order chi connectivity index (χ0) is 12.7. The van der Waals surface area contributed by atoms with E-state index in [4.69, 9.17) is 4.74 Å². The zero-order valence-corrected chi connectivity index (χ0v) is 12.8. The van der Waals surface area contributed by atoms with Crippen LogP contribution in [0.4, 0.5) is 0 Å². The minimum absolute atomic E-state index is 0. The lowest BCUT2D eigenvalue weighted by atomic mass is 9.80. The van der Waals surface area contributed by atoms with Gasteiger partial charge in [0.25, 0.3) is 0 Å². The van der Waals surface area contributed by atoms with Gasteiger partial charge in [0.2, 0.25) is 0 Å². The van der Waals surface area contributed by atoms with Crippen LogP contribution < -0.4 is 0 Å². The van der Waals surface area contributed by atoms with E-state index in [1.165, 1.54) is 19.3 Å². The van der Waals surface area contributed by atoms with Crippen LogP contribution in [0.25, 0.3) is 0 Å². The summed E-state index contributed by atoms with van der Waals surface area (Å²) in [6.45, 7) is 9.89. The van der Waals surface area contributed by atoms with Crippen molar-refractivity contribution in [1.82, 2.24) is 4.90 Å². The molecule has 0 unspecified atom stereocenters. The summed E-state index contributed by atoms with van der Waals surface area (Å²) in [5.74, 6) is 0.689. The van der Waals surface area contributed by atoms with Crippen LogP contribution in [-0.4, -0.2) is 37.1 Å². The molecule has 0 heterocycles. The van der Waals surface area contributed by atoms with Gasteiger partial charge in [-0.2, -0.15) is 0 Å². The van der Waals surface area contributed by atoms with Gasteiger partial charge in [-0.05, 0) is 31.8 Å². The molecule has 1 saturated carbocycles. The number of esters is 1. The molecule has 1 aliphatic carbocycles. The van der Waals surface area contributed by atoms with E-state index in [1.54, 1.807) is 0 Å². The highest BCUT2D eigenvalue weighted by atomic mass is 35.5. The number of carbonyl (C=O) groups is 1. The molecule has 0 N–H and O–H groups in total. The van der Waals surface area contributed by atoms with Crippen LogP contribution in [0.5, 0.6) is 0 Å². The highest BCUT2D eigenvalue weighted by Gasteiger charge is 2.28. The predicted octanol–water partition coefficient (Wildman–Crippen LogP) is 3.12. The first-order chi connectivity index (χ1) is 8.19. The summed E-state index contributed by atoms with van der Waals surface area (Å²) in [6, 6.07) is 0. The molecule has 0 aromatic heterocycles. The summed E-state index contributed by atoms with van der Waals surface area (Å²) >= 11 is 0. The lowest BCUT2D eigenvalue weighted by Crippen LogP contribution is -2.31. The van der Waals surface area contributed by atoms with Crippen molar-refractivity contribution in [1.29, 1.82) is 0 Å². The molecule has 0 aliphatic heterocycles. The van der Waals surface area contributed by atoms with Crippen molar-refractivity contribution in [2.24, 2.45) is 11.8 Å². The molecular formula is C14H28ClNO2. The van der Waals surface area contributed by atoms with Gasteiger partial charge in [-0.25, -0.2) is 0 Å². The molecule has 0 aromatic rings. The van der Waals surface area contributed by atoms with Gasteiger partial charge >= 0.3 is 5.97 Å². The van der Waals surface area contributed by atoms with E-state index in [0.29, 0.717) is 12.5 Å². The number of hydrogen-bond acceptors (Lipinski definition) is 3. The second-order valence-electron chi connectivity index (χ2n) is 5.06. The standard InChI is InChI=1S/C14H27NO2.ClH/c1-4-15(5-2)10-11-17-14(16)13-9-7-6-8-12(13)3;/h12-13H,4-11H2,1-3H3;1H/t12-,13+;/m1./s1. The Labute approximate surface area is 118 Å². The SMILES string of the molecule is CCN(CC)CCOC(=O)[C@H]1CCCC[C@H]1C.Cl. The smallest absolute Gasteiger partial charge is 0.309 e. The highest BCUT2D eigenvalue weighted by molar-refractivity contribution is 5.85. The third-order valence-electron chi connectivity index (χ3n) is 3.96. The van der Waals surface area contributed by atoms with Gasteiger partial charge in [0.05, 0.1) is 5.92 Å². The lowest BCUT2D eigenvalue weighted by molar-refractivity contribution is -0.151. The molecule has 0 aromatic carbocycles. The van der Waals surface area contributed by atoms with E-state index in [2.05, 4.69) is 25.7 Å². The third-order valence-corrected chi connectivity index (χ3v) is 3.96. The summed E-state index contributed by atoms with van der Waals surface area (Å²) in [5.41, 5.74) is 0. The van der Waals surface area contributed by atoms with E-state index in [1.807, 2.05) is 0 Å². The van der Waals surface area contributed by atoms with Crippen molar-refractivity contribution in [3.05, 3.63) is 0 Å². The number of likely N-dealkylation sites (N-methyl/N-ethyl adjacent to an activating group) is 1. The molecule has 4 heteroatoms. The molecule has 3 nitrogen and oxygen atoms in total. The topological polar surface area (TPSA) is 29.5 Å². The molecule has 0 saturated heterocycles. The minimum atomic E-state index is 0. The molecule has 1 aliphatic rings. The number of hydrogen-bond donors (Lipinski definition) is 0. The van der Waals surface area contributed by atoms with E-state index in [-0.39, 0.29) is 24.3 Å². The Kier molecular flexibility index (Phi) is 9.47. The quantitative estimate of drug-likeness (QED) is 0.699.